The lowest BCUT2D eigenvalue weighted by molar-refractivity contribution is -0.142. The normalized spacial score (nSPS) is 11.5. The number of halogens is 1. The number of ketones is 1. The van der Waals surface area contributed by atoms with Crippen molar-refractivity contribution in [3.63, 3.8) is 0 Å². The van der Waals surface area contributed by atoms with E-state index in [4.69, 9.17) is 21.1 Å². The highest BCUT2D eigenvalue weighted by Crippen LogP contribution is 2.23. The van der Waals surface area contributed by atoms with Gasteiger partial charge in [-0.15, -0.1) is 0 Å². The summed E-state index contributed by atoms with van der Waals surface area (Å²) in [7, 11) is 0. The quantitative estimate of drug-likeness (QED) is 0.130. The maximum absolute atomic E-state index is 12.4. The van der Waals surface area contributed by atoms with E-state index in [0.717, 1.165) is 16.7 Å². The van der Waals surface area contributed by atoms with Crippen LogP contribution in [0.4, 0.5) is 0 Å². The summed E-state index contributed by atoms with van der Waals surface area (Å²) in [5.74, 6) is -0.0439. The largest absolute Gasteiger partial charge is 0.494 e. The summed E-state index contributed by atoms with van der Waals surface area (Å²) in [5, 5.41) is 10.4. The average molecular weight is 543 g/mol. The number of carbonyl (C=O) groups is 2. The molecule has 1 atom stereocenters. The van der Waals surface area contributed by atoms with Gasteiger partial charge in [-0.1, -0.05) is 66.2 Å². The number of aryl methyl sites for hydroxylation is 1. The van der Waals surface area contributed by atoms with Crippen LogP contribution >= 0.6 is 11.6 Å². The Hall–Kier alpha value is -4.09. The van der Waals surface area contributed by atoms with Crippen LogP contribution in [0.25, 0.3) is 11.1 Å². The first-order valence-corrected chi connectivity index (χ1v) is 13.4. The fraction of sp³-hybridized carbons (Fsp3) is 0.212. The van der Waals surface area contributed by atoms with Crippen molar-refractivity contribution in [2.24, 2.45) is 5.92 Å². The summed E-state index contributed by atoms with van der Waals surface area (Å²) in [6, 6.07) is 32.0. The van der Waals surface area contributed by atoms with Gasteiger partial charge in [0.05, 0.1) is 12.5 Å². The van der Waals surface area contributed by atoms with Crippen molar-refractivity contribution in [2.45, 2.75) is 25.7 Å². The second kappa shape index (κ2) is 14.2. The highest BCUT2D eigenvalue weighted by atomic mass is 35.5. The molecule has 0 aliphatic rings. The summed E-state index contributed by atoms with van der Waals surface area (Å²) >= 11 is 5.97. The monoisotopic (exact) mass is 542 g/mol. The Balaban J connectivity index is 1.18. The number of carboxylic acid groups (broad SMARTS) is 1. The fourth-order valence-electron chi connectivity index (χ4n) is 4.24. The number of aliphatic carboxylic acids is 1. The molecule has 39 heavy (non-hydrogen) atoms. The molecule has 0 saturated heterocycles. The van der Waals surface area contributed by atoms with E-state index in [2.05, 4.69) is 12.1 Å². The molecule has 6 heteroatoms. The van der Waals surface area contributed by atoms with Gasteiger partial charge in [-0.25, -0.2) is 0 Å². The van der Waals surface area contributed by atoms with Crippen molar-refractivity contribution >= 4 is 23.4 Å². The zero-order chi connectivity index (χ0) is 27.5. The molecule has 0 amide bonds. The first kappa shape index (κ1) is 27.9. The van der Waals surface area contributed by atoms with Gasteiger partial charge in [0.2, 0.25) is 0 Å². The molecule has 4 rings (SSSR count). The Bertz CT molecular complexity index is 1330. The Labute approximate surface area is 234 Å². The van der Waals surface area contributed by atoms with E-state index in [1.165, 1.54) is 0 Å². The first-order valence-electron chi connectivity index (χ1n) is 13.0. The predicted octanol–water partition coefficient (Wildman–Crippen LogP) is 7.76. The molecule has 0 aliphatic carbocycles. The maximum atomic E-state index is 12.4. The minimum atomic E-state index is -0.784. The maximum Gasteiger partial charge on any atom is 0.306 e. The molecule has 4 aromatic rings. The number of Topliss-reactive ketones (excluding diaryl/α,β-unsaturated/α-hetero) is 1. The molecule has 0 heterocycles. The third kappa shape index (κ3) is 8.72. The van der Waals surface area contributed by atoms with Crippen LogP contribution in [0.5, 0.6) is 11.5 Å². The second-order valence-electron chi connectivity index (χ2n) is 9.32. The number of benzene rings is 4. The van der Waals surface area contributed by atoms with Gasteiger partial charge in [-0.05, 0) is 90.9 Å². The Kier molecular flexibility index (Phi) is 10.1. The van der Waals surface area contributed by atoms with Crippen LogP contribution in [0.1, 0.15) is 35.2 Å². The summed E-state index contributed by atoms with van der Waals surface area (Å²) in [5.41, 5.74) is 3.84. The van der Waals surface area contributed by atoms with Gasteiger partial charge in [-0.2, -0.15) is 0 Å². The number of hydrogen-bond acceptors (Lipinski definition) is 4. The van der Waals surface area contributed by atoms with E-state index >= 15 is 0 Å². The van der Waals surface area contributed by atoms with E-state index in [1.807, 2.05) is 54.6 Å². The van der Waals surface area contributed by atoms with Crippen LogP contribution in [0.15, 0.2) is 103 Å². The molecule has 0 saturated carbocycles. The van der Waals surface area contributed by atoms with Gasteiger partial charge < -0.3 is 14.6 Å². The molecule has 1 unspecified atom stereocenters. The number of para-hydroxylation sites is 1. The SMILES string of the molecule is O=C(COc1ccccc1)c1ccc(OCCCC(CCc2ccc(-c3ccc(Cl)cc3)cc2)C(=O)O)cc1. The van der Waals surface area contributed by atoms with Crippen LogP contribution < -0.4 is 9.47 Å². The standard InChI is InChI=1S/C33H31ClO5/c34-29-18-14-26(15-19-29)25-11-8-24(9-12-25)10-13-28(33(36)37)5-4-22-38-31-20-16-27(17-21-31)32(35)23-39-30-6-2-1-3-7-30/h1-3,6-9,11-12,14-21,28H,4-5,10,13,22-23H2,(H,36,37). The van der Waals surface area contributed by atoms with Crippen molar-refractivity contribution in [3.8, 4) is 22.6 Å². The minimum Gasteiger partial charge on any atom is -0.494 e. The van der Waals surface area contributed by atoms with Crippen molar-refractivity contribution < 1.29 is 24.2 Å². The molecule has 4 aromatic carbocycles. The zero-order valence-corrected chi connectivity index (χ0v) is 22.3. The summed E-state index contributed by atoms with van der Waals surface area (Å²) in [4.78, 5) is 24.2. The minimum absolute atomic E-state index is 0.0344. The Morgan fingerprint density at radius 2 is 1.33 bits per heavy atom. The van der Waals surface area contributed by atoms with Crippen LogP contribution in [-0.2, 0) is 11.2 Å². The molecule has 5 nitrogen and oxygen atoms in total. The number of carbonyl (C=O) groups excluding carboxylic acids is 1. The van der Waals surface area contributed by atoms with Crippen LogP contribution in [0.3, 0.4) is 0 Å². The number of ether oxygens (including phenoxy) is 2. The Morgan fingerprint density at radius 1 is 0.718 bits per heavy atom. The van der Waals surface area contributed by atoms with Gasteiger partial charge in [0, 0.05) is 10.6 Å². The number of rotatable bonds is 14. The third-order valence-corrected chi connectivity index (χ3v) is 6.77. The van der Waals surface area contributed by atoms with Gasteiger partial charge in [0.25, 0.3) is 0 Å². The number of hydrogen-bond donors (Lipinski definition) is 1. The van der Waals surface area contributed by atoms with E-state index < -0.39 is 11.9 Å². The molecule has 0 bridgehead atoms. The summed E-state index contributed by atoms with van der Waals surface area (Å²) in [6.45, 7) is 0.372. The first-order chi connectivity index (χ1) is 19.0. The van der Waals surface area contributed by atoms with E-state index in [9.17, 15) is 14.7 Å². The van der Waals surface area contributed by atoms with Crippen LogP contribution in [-0.4, -0.2) is 30.1 Å². The molecule has 0 aliphatic heterocycles. The molecule has 0 aromatic heterocycles. The lowest BCUT2D eigenvalue weighted by Crippen LogP contribution is -2.16. The highest BCUT2D eigenvalue weighted by molar-refractivity contribution is 6.30. The molecule has 0 spiro atoms. The average Bonchev–Trinajstić information content (AvgIpc) is 2.97. The zero-order valence-electron chi connectivity index (χ0n) is 21.6. The van der Waals surface area contributed by atoms with E-state index in [1.54, 1.807) is 36.4 Å². The molecule has 0 radical (unpaired) electrons. The van der Waals surface area contributed by atoms with Crippen molar-refractivity contribution in [1.82, 2.24) is 0 Å². The van der Waals surface area contributed by atoms with Gasteiger partial charge >= 0.3 is 5.97 Å². The van der Waals surface area contributed by atoms with Gasteiger partial charge in [-0.3, -0.25) is 9.59 Å². The molecule has 0 fully saturated rings. The van der Waals surface area contributed by atoms with Gasteiger partial charge in [0.1, 0.15) is 11.5 Å². The topological polar surface area (TPSA) is 72.8 Å². The Morgan fingerprint density at radius 3 is 1.97 bits per heavy atom. The molecule has 1 N–H and O–H groups in total. The van der Waals surface area contributed by atoms with Crippen molar-refractivity contribution in [3.05, 3.63) is 119 Å². The number of carboxylic acids is 1. The fourth-order valence-corrected chi connectivity index (χ4v) is 4.37. The van der Waals surface area contributed by atoms with Crippen molar-refractivity contribution in [1.29, 1.82) is 0 Å². The summed E-state index contributed by atoms with van der Waals surface area (Å²) in [6.07, 6.45) is 2.42. The van der Waals surface area contributed by atoms with Crippen LogP contribution in [0, 0.1) is 5.92 Å². The predicted molar refractivity (Wildman–Crippen MR) is 154 cm³/mol. The summed E-state index contributed by atoms with van der Waals surface area (Å²) < 4.78 is 11.3. The lowest BCUT2D eigenvalue weighted by Gasteiger charge is -2.13. The molecule has 200 valence electrons. The van der Waals surface area contributed by atoms with Crippen LogP contribution in [0.2, 0.25) is 5.02 Å². The van der Waals surface area contributed by atoms with Gasteiger partial charge in [0.15, 0.2) is 12.4 Å². The highest BCUT2D eigenvalue weighted by Gasteiger charge is 2.17. The third-order valence-electron chi connectivity index (χ3n) is 6.52. The molecular formula is C33H31ClO5. The smallest absolute Gasteiger partial charge is 0.306 e. The van der Waals surface area contributed by atoms with E-state index in [-0.39, 0.29) is 12.4 Å². The van der Waals surface area contributed by atoms with Crippen molar-refractivity contribution in [2.75, 3.05) is 13.2 Å². The second-order valence-corrected chi connectivity index (χ2v) is 9.75. The van der Waals surface area contributed by atoms with E-state index in [0.29, 0.717) is 54.4 Å². The lowest BCUT2D eigenvalue weighted by atomic mass is 9.94. The molecular weight excluding hydrogens is 512 g/mol.